The van der Waals surface area contributed by atoms with E-state index in [0.717, 1.165) is 26.7 Å². The molecule has 4 aliphatic rings. The van der Waals surface area contributed by atoms with Gasteiger partial charge in [-0.25, -0.2) is 10.3 Å². The second kappa shape index (κ2) is 9.25. The summed E-state index contributed by atoms with van der Waals surface area (Å²) in [5.41, 5.74) is 6.15. The van der Waals surface area contributed by atoms with Crippen LogP contribution in [0.1, 0.15) is 38.5 Å². The first-order chi connectivity index (χ1) is 19.4. The Kier molecular flexibility index (Phi) is 5.77. The maximum Gasteiger partial charge on any atom is 0.271 e. The number of hydrogen-bond acceptors (Lipinski definition) is 4. The molecule has 8 heteroatoms. The van der Waals surface area contributed by atoms with Crippen LogP contribution in [0.5, 0.6) is 0 Å². The molecule has 2 atom stereocenters. The molecule has 0 unspecified atom stereocenters. The molecule has 1 aliphatic heterocycles. The highest BCUT2D eigenvalue weighted by Gasteiger charge is 2.68. The molecule has 2 bridgehead atoms. The molecule has 1 fully saturated rings. The Balaban J connectivity index is 1.41. The van der Waals surface area contributed by atoms with Gasteiger partial charge in [-0.1, -0.05) is 94.3 Å². The number of benzene rings is 4. The Labute approximate surface area is 243 Å². The third kappa shape index (κ3) is 3.41. The van der Waals surface area contributed by atoms with E-state index in [-0.39, 0.29) is 23.6 Å². The molecule has 0 radical (unpaired) electrons. The van der Waals surface area contributed by atoms with Crippen molar-refractivity contribution in [1.82, 2.24) is 5.43 Å². The van der Waals surface area contributed by atoms with Crippen molar-refractivity contribution in [3.63, 3.8) is 0 Å². The summed E-state index contributed by atoms with van der Waals surface area (Å²) in [5.74, 6) is -2.72. The van der Waals surface area contributed by atoms with E-state index < -0.39 is 17.3 Å². The van der Waals surface area contributed by atoms with Gasteiger partial charge in [0, 0.05) is 22.2 Å². The third-order valence-electron chi connectivity index (χ3n) is 8.30. The van der Waals surface area contributed by atoms with Crippen LogP contribution in [0.3, 0.4) is 0 Å². The highest BCUT2D eigenvalue weighted by atomic mass is 79.9. The van der Waals surface area contributed by atoms with Gasteiger partial charge in [0.25, 0.3) is 5.91 Å². The number of amides is 3. The van der Waals surface area contributed by atoms with Crippen LogP contribution in [-0.2, 0) is 15.0 Å². The van der Waals surface area contributed by atoms with Crippen LogP contribution in [0.2, 0.25) is 5.02 Å². The summed E-state index contributed by atoms with van der Waals surface area (Å²) in [6.07, 6.45) is 1.65. The molecular weight excluding hydrogens is 590 g/mol. The summed E-state index contributed by atoms with van der Waals surface area (Å²) in [7, 11) is 0. The molecular formula is C32H21BrClN3O3. The molecule has 8 rings (SSSR count). The van der Waals surface area contributed by atoms with Crippen molar-refractivity contribution in [1.29, 1.82) is 0 Å². The number of para-hydroxylation sites is 1. The topological polar surface area (TPSA) is 78.8 Å². The van der Waals surface area contributed by atoms with E-state index in [9.17, 15) is 14.4 Å². The van der Waals surface area contributed by atoms with Crippen LogP contribution >= 0.6 is 27.5 Å². The van der Waals surface area contributed by atoms with Gasteiger partial charge in [0.05, 0.1) is 28.0 Å². The van der Waals surface area contributed by atoms with Crippen molar-refractivity contribution in [3.8, 4) is 0 Å². The zero-order valence-electron chi connectivity index (χ0n) is 20.9. The minimum Gasteiger partial charge on any atom is -0.274 e. The summed E-state index contributed by atoms with van der Waals surface area (Å²) < 4.78 is 0.772. The summed E-state index contributed by atoms with van der Waals surface area (Å²) in [4.78, 5) is 42.7. The van der Waals surface area contributed by atoms with Crippen LogP contribution in [0, 0.1) is 11.8 Å². The lowest BCUT2D eigenvalue weighted by molar-refractivity contribution is -0.122. The van der Waals surface area contributed by atoms with Gasteiger partial charge in [0.1, 0.15) is 0 Å². The average Bonchev–Trinajstić information content (AvgIpc) is 3.24. The largest absolute Gasteiger partial charge is 0.274 e. The third-order valence-corrected chi connectivity index (χ3v) is 9.11. The Morgan fingerprint density at radius 1 is 0.875 bits per heavy atom. The van der Waals surface area contributed by atoms with E-state index in [0.29, 0.717) is 16.3 Å². The lowest BCUT2D eigenvalue weighted by atomic mass is 9.47. The number of nitrogens with zero attached hydrogens (tertiary/aromatic N) is 2. The molecule has 1 saturated heterocycles. The van der Waals surface area contributed by atoms with Gasteiger partial charge in [-0.3, -0.25) is 14.4 Å². The van der Waals surface area contributed by atoms with Crippen molar-refractivity contribution in [2.24, 2.45) is 16.9 Å². The fourth-order valence-electron chi connectivity index (χ4n) is 6.81. The van der Waals surface area contributed by atoms with E-state index >= 15 is 0 Å². The molecule has 6 nitrogen and oxygen atoms in total. The Hall–Kier alpha value is -4.07. The molecule has 4 aromatic carbocycles. The predicted octanol–water partition coefficient (Wildman–Crippen LogP) is 6.07. The van der Waals surface area contributed by atoms with Gasteiger partial charge in [-0.05, 0) is 52.6 Å². The van der Waals surface area contributed by atoms with E-state index in [4.69, 9.17) is 11.6 Å². The second-order valence-electron chi connectivity index (χ2n) is 10.2. The first-order valence-corrected chi connectivity index (χ1v) is 14.0. The molecule has 0 aromatic heterocycles. The van der Waals surface area contributed by atoms with Crippen molar-refractivity contribution >= 4 is 57.2 Å². The van der Waals surface area contributed by atoms with Crippen LogP contribution in [0.15, 0.2) is 107 Å². The van der Waals surface area contributed by atoms with Gasteiger partial charge in [0.15, 0.2) is 0 Å². The lowest BCUT2D eigenvalue weighted by Crippen LogP contribution is -2.54. The Bertz CT molecular complexity index is 1720. The number of hydrazone groups is 1. The van der Waals surface area contributed by atoms with Crippen molar-refractivity contribution in [2.75, 3.05) is 4.90 Å². The number of halogens is 2. The summed E-state index contributed by atoms with van der Waals surface area (Å²) in [5, 5.41) is 4.78. The summed E-state index contributed by atoms with van der Waals surface area (Å²) >= 11 is 9.89. The average molecular weight is 611 g/mol. The van der Waals surface area contributed by atoms with Gasteiger partial charge < -0.3 is 0 Å². The van der Waals surface area contributed by atoms with Crippen LogP contribution in [-0.4, -0.2) is 23.9 Å². The van der Waals surface area contributed by atoms with E-state index in [2.05, 4.69) is 26.5 Å². The van der Waals surface area contributed by atoms with Crippen molar-refractivity contribution < 1.29 is 14.4 Å². The first kappa shape index (κ1) is 24.9. The van der Waals surface area contributed by atoms with Gasteiger partial charge in [0.2, 0.25) is 11.8 Å². The maximum atomic E-state index is 14.4. The Morgan fingerprint density at radius 3 is 2.20 bits per heavy atom. The summed E-state index contributed by atoms with van der Waals surface area (Å²) in [6, 6.07) is 29.7. The van der Waals surface area contributed by atoms with Crippen LogP contribution < -0.4 is 10.3 Å². The van der Waals surface area contributed by atoms with E-state index in [1.54, 1.807) is 48.7 Å². The second-order valence-corrected chi connectivity index (χ2v) is 11.5. The fraction of sp³-hybridized carbons (Fsp3) is 0.125. The number of rotatable bonds is 4. The number of hydrogen-bond donors (Lipinski definition) is 1. The summed E-state index contributed by atoms with van der Waals surface area (Å²) in [6.45, 7) is 0. The fourth-order valence-corrected chi connectivity index (χ4v) is 7.43. The predicted molar refractivity (Wildman–Crippen MR) is 157 cm³/mol. The quantitative estimate of drug-likeness (QED) is 0.173. The van der Waals surface area contributed by atoms with Gasteiger partial charge in [-0.2, -0.15) is 5.10 Å². The Morgan fingerprint density at radius 2 is 1.52 bits per heavy atom. The number of nitrogens with one attached hydrogen (secondary N) is 1. The van der Waals surface area contributed by atoms with E-state index in [1.165, 1.54) is 4.90 Å². The monoisotopic (exact) mass is 609 g/mol. The molecule has 4 aromatic rings. The van der Waals surface area contributed by atoms with Gasteiger partial charge in [-0.15, -0.1) is 0 Å². The molecule has 3 amide bonds. The van der Waals surface area contributed by atoms with Crippen molar-refractivity contribution in [3.05, 3.63) is 134 Å². The minimum absolute atomic E-state index is 0.284. The molecule has 1 heterocycles. The highest BCUT2D eigenvalue weighted by molar-refractivity contribution is 9.10. The molecule has 0 saturated carbocycles. The highest BCUT2D eigenvalue weighted by Crippen LogP contribution is 2.63. The smallest absolute Gasteiger partial charge is 0.271 e. The standard InChI is InChI=1S/C32H21BrClN3O3/c33-19-9-7-8-18(16-19)29(38)36-35-17-32-22-12-3-1-10-20(22)26(21-11-2-4-13-23(21)32)27-28(32)31(40)37(30(27)39)25-15-6-5-14-24(25)34/h1-17,26-28H,(H,36,38)/b35-17-/t26?,27-,28-,32?/m1/s1. The maximum absolute atomic E-state index is 14.4. The molecule has 0 spiro atoms. The molecule has 40 heavy (non-hydrogen) atoms. The zero-order chi connectivity index (χ0) is 27.6. The van der Waals surface area contributed by atoms with Gasteiger partial charge >= 0.3 is 0 Å². The molecule has 1 N–H and O–H groups in total. The molecule has 3 aliphatic carbocycles. The zero-order valence-corrected chi connectivity index (χ0v) is 23.3. The normalized spacial score (nSPS) is 24.1. The number of carbonyl (C=O) groups excluding carboxylic acids is 3. The van der Waals surface area contributed by atoms with Crippen LogP contribution in [0.4, 0.5) is 5.69 Å². The number of carbonyl (C=O) groups is 3. The van der Waals surface area contributed by atoms with E-state index in [1.807, 2.05) is 54.6 Å². The number of imide groups is 1. The van der Waals surface area contributed by atoms with Crippen LogP contribution in [0.25, 0.3) is 0 Å². The first-order valence-electron chi connectivity index (χ1n) is 12.8. The number of anilines is 1. The molecule has 196 valence electrons. The SMILES string of the molecule is O=C(N/N=C\C12c3ccccc3C(c3ccccc31)[C@H]1C(=O)N(c3ccccc3Cl)C(=O)[C@@H]12)c1cccc(Br)c1. The lowest BCUT2D eigenvalue weighted by Gasteiger charge is -2.52. The minimum atomic E-state index is -1.08. The van der Waals surface area contributed by atoms with Crippen molar-refractivity contribution in [2.45, 2.75) is 11.3 Å².